The first kappa shape index (κ1) is 20.0. The molecular formula is C22H24N4O4S. The number of nitrogens with zero attached hydrogens (tertiary/aromatic N) is 3. The van der Waals surface area contributed by atoms with Crippen LogP contribution in [-0.4, -0.2) is 35.8 Å². The van der Waals surface area contributed by atoms with Gasteiger partial charge in [-0.25, -0.2) is 14.7 Å². The van der Waals surface area contributed by atoms with Gasteiger partial charge >= 0.3 is 0 Å². The van der Waals surface area contributed by atoms with Crippen LogP contribution in [0.2, 0.25) is 0 Å². The van der Waals surface area contributed by atoms with Gasteiger partial charge in [-0.2, -0.15) is 8.42 Å². The Bertz CT molecular complexity index is 1290. The maximum atomic E-state index is 13.3. The zero-order valence-electron chi connectivity index (χ0n) is 17.5. The molecule has 3 heterocycles. The lowest BCUT2D eigenvalue weighted by atomic mass is 9.79. The van der Waals surface area contributed by atoms with Crippen LogP contribution in [0.4, 0.5) is 0 Å². The molecule has 0 bridgehead atoms. The van der Waals surface area contributed by atoms with Gasteiger partial charge in [0.25, 0.3) is 10.0 Å². The molecule has 2 fully saturated rings. The van der Waals surface area contributed by atoms with Gasteiger partial charge in [0.1, 0.15) is 5.65 Å². The third-order valence-electron chi connectivity index (χ3n) is 6.51. The maximum absolute atomic E-state index is 13.3. The molecule has 9 heteroatoms. The standard InChI is InChI=1S/C22H24N4O4S/c1-14-12-23-18-7-4-8-19(26(14)18)31(28,29)25-21(27)22(9-10-22)17-11-16(15-5-3-6-15)13-24-20(17)30-2/h4,7-8,11-13,15H,3,5-6,9-10H2,1-2H3,(H,25,27). The van der Waals surface area contributed by atoms with Crippen molar-refractivity contribution in [3.63, 3.8) is 0 Å². The number of pyridine rings is 2. The van der Waals surface area contributed by atoms with E-state index in [0.717, 1.165) is 18.4 Å². The van der Waals surface area contributed by atoms with Crippen molar-refractivity contribution in [2.24, 2.45) is 0 Å². The van der Waals surface area contributed by atoms with E-state index in [0.29, 0.717) is 41.5 Å². The number of carbonyl (C=O) groups is 1. The highest BCUT2D eigenvalue weighted by Gasteiger charge is 2.54. The van der Waals surface area contributed by atoms with Crippen molar-refractivity contribution in [3.05, 3.63) is 53.5 Å². The van der Waals surface area contributed by atoms with Crippen LogP contribution in [0, 0.1) is 6.92 Å². The van der Waals surface area contributed by atoms with Gasteiger partial charge in [0, 0.05) is 23.7 Å². The first-order valence-electron chi connectivity index (χ1n) is 10.4. The summed E-state index contributed by atoms with van der Waals surface area (Å²) in [6, 6.07) is 6.78. The van der Waals surface area contributed by atoms with E-state index >= 15 is 0 Å². The molecule has 0 radical (unpaired) electrons. The number of carbonyl (C=O) groups excluding carboxylic acids is 1. The van der Waals surface area contributed by atoms with Crippen molar-refractivity contribution in [1.82, 2.24) is 19.1 Å². The lowest BCUT2D eigenvalue weighted by molar-refractivity contribution is -0.121. The average molecular weight is 441 g/mol. The fourth-order valence-corrected chi connectivity index (χ4v) is 5.59. The van der Waals surface area contributed by atoms with E-state index in [1.165, 1.54) is 24.0 Å². The van der Waals surface area contributed by atoms with E-state index < -0.39 is 21.3 Å². The van der Waals surface area contributed by atoms with Crippen LogP contribution >= 0.6 is 0 Å². The Morgan fingerprint density at radius 2 is 2.00 bits per heavy atom. The molecule has 3 aromatic rings. The van der Waals surface area contributed by atoms with Crippen molar-refractivity contribution in [2.45, 2.75) is 55.4 Å². The van der Waals surface area contributed by atoms with Gasteiger partial charge in [0.15, 0.2) is 5.03 Å². The number of nitrogens with one attached hydrogen (secondary N) is 1. The lowest BCUT2D eigenvalue weighted by Gasteiger charge is -2.27. The summed E-state index contributed by atoms with van der Waals surface area (Å²) in [4.78, 5) is 21.9. The van der Waals surface area contributed by atoms with Gasteiger partial charge in [0.05, 0.1) is 12.5 Å². The van der Waals surface area contributed by atoms with Gasteiger partial charge in [-0.15, -0.1) is 0 Å². The van der Waals surface area contributed by atoms with Crippen molar-refractivity contribution in [2.75, 3.05) is 7.11 Å². The molecule has 0 saturated heterocycles. The zero-order valence-corrected chi connectivity index (χ0v) is 18.3. The molecule has 1 amide bonds. The summed E-state index contributed by atoms with van der Waals surface area (Å²) in [6.07, 6.45) is 7.91. The van der Waals surface area contributed by atoms with Crippen LogP contribution in [0.5, 0.6) is 5.88 Å². The molecule has 162 valence electrons. The second kappa shape index (κ2) is 7.05. The summed E-state index contributed by atoms with van der Waals surface area (Å²) in [7, 11) is -2.59. The molecule has 0 spiro atoms. The van der Waals surface area contributed by atoms with Crippen LogP contribution < -0.4 is 9.46 Å². The molecule has 5 rings (SSSR count). The molecule has 3 aromatic heterocycles. The number of rotatable bonds is 6. The second-order valence-corrected chi connectivity index (χ2v) is 10.1. The number of amides is 1. The highest BCUT2D eigenvalue weighted by atomic mass is 32.2. The van der Waals surface area contributed by atoms with Gasteiger partial charge in [-0.1, -0.05) is 12.5 Å². The van der Waals surface area contributed by atoms with E-state index in [-0.39, 0.29) is 5.03 Å². The number of hydrogen-bond acceptors (Lipinski definition) is 6. The van der Waals surface area contributed by atoms with Gasteiger partial charge in [-0.3, -0.25) is 9.20 Å². The zero-order chi connectivity index (χ0) is 21.8. The quantitative estimate of drug-likeness (QED) is 0.632. The second-order valence-electron chi connectivity index (χ2n) is 8.43. The Hall–Kier alpha value is -2.94. The first-order chi connectivity index (χ1) is 14.9. The number of methoxy groups -OCH3 is 1. The number of ether oxygens (including phenoxy) is 1. The summed E-state index contributed by atoms with van der Waals surface area (Å²) >= 11 is 0. The number of hydrogen-bond donors (Lipinski definition) is 1. The number of aryl methyl sites for hydroxylation is 1. The Balaban J connectivity index is 1.50. The fourth-order valence-electron chi connectivity index (χ4n) is 4.32. The third-order valence-corrected chi connectivity index (χ3v) is 7.84. The molecule has 31 heavy (non-hydrogen) atoms. The molecule has 8 nitrogen and oxygen atoms in total. The Morgan fingerprint density at radius 3 is 2.65 bits per heavy atom. The number of imidazole rings is 1. The molecule has 2 aliphatic rings. The van der Waals surface area contributed by atoms with E-state index in [1.54, 1.807) is 31.5 Å². The predicted molar refractivity (Wildman–Crippen MR) is 114 cm³/mol. The predicted octanol–water partition coefficient (Wildman–Crippen LogP) is 2.85. The van der Waals surface area contributed by atoms with Crippen molar-refractivity contribution >= 4 is 21.6 Å². The van der Waals surface area contributed by atoms with Crippen LogP contribution in [0.15, 0.2) is 41.7 Å². The molecule has 1 N–H and O–H groups in total. The molecule has 0 unspecified atom stereocenters. The summed E-state index contributed by atoms with van der Waals surface area (Å²) in [5, 5.41) is -0.0162. The van der Waals surface area contributed by atoms with E-state index in [1.807, 2.05) is 6.07 Å². The first-order valence-corrected chi connectivity index (χ1v) is 11.9. The Morgan fingerprint density at radius 1 is 1.23 bits per heavy atom. The third kappa shape index (κ3) is 3.18. The molecule has 0 aliphatic heterocycles. The van der Waals surface area contributed by atoms with E-state index in [9.17, 15) is 13.2 Å². The fraction of sp³-hybridized carbons (Fsp3) is 0.409. The van der Waals surface area contributed by atoms with Crippen LogP contribution in [0.1, 0.15) is 54.8 Å². The summed E-state index contributed by atoms with van der Waals surface area (Å²) in [6.45, 7) is 1.77. The number of sulfonamides is 1. The highest BCUT2D eigenvalue weighted by Crippen LogP contribution is 2.52. The SMILES string of the molecule is COc1ncc(C2CCC2)cc1C1(C(=O)NS(=O)(=O)c2cccc3ncc(C)n23)CC1. The minimum atomic E-state index is -4.11. The Kier molecular flexibility index (Phi) is 4.55. The normalized spacial score (nSPS) is 17.9. The largest absolute Gasteiger partial charge is 0.481 e. The molecule has 2 aliphatic carbocycles. The molecule has 0 atom stereocenters. The van der Waals surface area contributed by atoms with E-state index in [4.69, 9.17) is 4.74 Å². The minimum Gasteiger partial charge on any atom is -0.481 e. The van der Waals surface area contributed by atoms with Crippen molar-refractivity contribution in [1.29, 1.82) is 0 Å². The maximum Gasteiger partial charge on any atom is 0.280 e. The van der Waals surface area contributed by atoms with E-state index in [2.05, 4.69) is 14.7 Å². The van der Waals surface area contributed by atoms with Gasteiger partial charge in [0.2, 0.25) is 11.8 Å². The van der Waals surface area contributed by atoms with Gasteiger partial charge in [-0.05, 0) is 62.3 Å². The molecular weight excluding hydrogens is 416 g/mol. The Labute approximate surface area is 180 Å². The van der Waals surface area contributed by atoms with Crippen LogP contribution in [0.3, 0.4) is 0 Å². The summed E-state index contributed by atoms with van der Waals surface area (Å²) < 4.78 is 35.6. The molecule has 2 saturated carbocycles. The number of fused-ring (bicyclic) bond motifs is 1. The lowest BCUT2D eigenvalue weighted by Crippen LogP contribution is -2.39. The number of aromatic nitrogens is 3. The van der Waals surface area contributed by atoms with Crippen LogP contribution in [0.25, 0.3) is 5.65 Å². The van der Waals surface area contributed by atoms with Crippen LogP contribution in [-0.2, 0) is 20.2 Å². The molecule has 0 aromatic carbocycles. The average Bonchev–Trinajstić information content (AvgIpc) is 3.44. The summed E-state index contributed by atoms with van der Waals surface area (Å²) in [5.74, 6) is 0.273. The highest BCUT2D eigenvalue weighted by molar-refractivity contribution is 7.90. The van der Waals surface area contributed by atoms with Crippen molar-refractivity contribution < 1.29 is 17.9 Å². The smallest absolute Gasteiger partial charge is 0.280 e. The van der Waals surface area contributed by atoms with Crippen molar-refractivity contribution in [3.8, 4) is 5.88 Å². The summed E-state index contributed by atoms with van der Waals surface area (Å²) in [5.41, 5.74) is 1.99. The monoisotopic (exact) mass is 440 g/mol. The van der Waals surface area contributed by atoms with Gasteiger partial charge < -0.3 is 4.74 Å². The topological polar surface area (TPSA) is 103 Å². The minimum absolute atomic E-state index is 0.0162.